The van der Waals surface area contributed by atoms with E-state index < -0.39 is 6.17 Å². The highest BCUT2D eigenvalue weighted by atomic mass is 19.1. The van der Waals surface area contributed by atoms with Gasteiger partial charge in [0.15, 0.2) is 5.69 Å². The molecule has 1 aliphatic rings. The maximum atomic E-state index is 14.0. The van der Waals surface area contributed by atoms with Crippen molar-refractivity contribution in [2.75, 3.05) is 26.8 Å². The van der Waals surface area contributed by atoms with Crippen molar-refractivity contribution in [3.8, 4) is 0 Å². The van der Waals surface area contributed by atoms with Crippen LogP contribution in [-0.2, 0) is 11.3 Å². The molecular weight excluding hydrogens is 355 g/mol. The van der Waals surface area contributed by atoms with Crippen LogP contribution in [0.25, 0.3) is 0 Å². The molecule has 9 nitrogen and oxygen atoms in total. The van der Waals surface area contributed by atoms with E-state index in [0.717, 1.165) is 0 Å². The molecule has 0 saturated carbocycles. The molecule has 2 amide bonds. The van der Waals surface area contributed by atoms with Gasteiger partial charge in [0.05, 0.1) is 31.9 Å². The Labute approximate surface area is 155 Å². The van der Waals surface area contributed by atoms with Crippen molar-refractivity contribution in [3.05, 3.63) is 42.0 Å². The normalized spacial score (nSPS) is 19.3. The summed E-state index contributed by atoms with van der Waals surface area (Å²) < 4.78 is 20.3. The molecule has 2 atom stereocenters. The van der Waals surface area contributed by atoms with Crippen LogP contribution in [0.1, 0.15) is 27.3 Å². The lowest BCUT2D eigenvalue weighted by Crippen LogP contribution is -2.38. The van der Waals surface area contributed by atoms with Gasteiger partial charge >= 0.3 is 0 Å². The highest BCUT2D eigenvalue weighted by molar-refractivity contribution is 5.94. The SMILES string of the molecule is COCCNC(=O)c1cn(C[C@@H]2C[C@H](F)CN2C(=O)c2ccncc2)nn1. The highest BCUT2D eigenvalue weighted by Crippen LogP contribution is 2.23. The fraction of sp³-hybridized carbons (Fsp3) is 0.471. The molecule has 2 aromatic heterocycles. The summed E-state index contributed by atoms with van der Waals surface area (Å²) in [6, 6.07) is 2.83. The van der Waals surface area contributed by atoms with E-state index >= 15 is 0 Å². The number of amides is 2. The molecule has 1 saturated heterocycles. The Bertz CT molecular complexity index is 784. The van der Waals surface area contributed by atoms with E-state index in [4.69, 9.17) is 4.74 Å². The first-order valence-electron chi connectivity index (χ1n) is 8.61. The van der Waals surface area contributed by atoms with Crippen molar-refractivity contribution in [3.63, 3.8) is 0 Å². The molecule has 2 aromatic rings. The minimum Gasteiger partial charge on any atom is -0.383 e. The van der Waals surface area contributed by atoms with Gasteiger partial charge < -0.3 is 15.0 Å². The van der Waals surface area contributed by atoms with Crippen molar-refractivity contribution in [2.45, 2.75) is 25.2 Å². The summed E-state index contributed by atoms with van der Waals surface area (Å²) in [6.45, 7) is 1.05. The van der Waals surface area contributed by atoms with Crippen molar-refractivity contribution < 1.29 is 18.7 Å². The quantitative estimate of drug-likeness (QED) is 0.698. The Morgan fingerprint density at radius 1 is 1.37 bits per heavy atom. The molecule has 0 radical (unpaired) electrons. The number of ether oxygens (including phenoxy) is 1. The van der Waals surface area contributed by atoms with Gasteiger partial charge in [0, 0.05) is 38.0 Å². The second-order valence-electron chi connectivity index (χ2n) is 6.25. The molecule has 3 rings (SSSR count). The molecule has 1 N–H and O–H groups in total. The maximum Gasteiger partial charge on any atom is 0.273 e. The number of hydrogen-bond donors (Lipinski definition) is 1. The third-order valence-corrected chi connectivity index (χ3v) is 4.31. The summed E-state index contributed by atoms with van der Waals surface area (Å²) in [5.74, 6) is -0.613. The van der Waals surface area contributed by atoms with Gasteiger partial charge in [0.1, 0.15) is 6.17 Å². The summed E-state index contributed by atoms with van der Waals surface area (Å²) in [6.07, 6.45) is 3.66. The Morgan fingerprint density at radius 3 is 2.89 bits per heavy atom. The molecule has 27 heavy (non-hydrogen) atoms. The zero-order chi connectivity index (χ0) is 19.2. The van der Waals surface area contributed by atoms with E-state index in [2.05, 4.69) is 20.6 Å². The van der Waals surface area contributed by atoms with Crippen LogP contribution in [0.5, 0.6) is 0 Å². The van der Waals surface area contributed by atoms with Crippen LogP contribution in [0.4, 0.5) is 4.39 Å². The molecule has 1 aliphatic heterocycles. The number of aromatic nitrogens is 4. The molecule has 0 aliphatic carbocycles. The van der Waals surface area contributed by atoms with Gasteiger partial charge in [-0.3, -0.25) is 14.6 Å². The smallest absolute Gasteiger partial charge is 0.273 e. The summed E-state index contributed by atoms with van der Waals surface area (Å²) in [4.78, 5) is 30.0. The first kappa shape index (κ1) is 18.9. The lowest BCUT2D eigenvalue weighted by atomic mass is 10.2. The zero-order valence-electron chi connectivity index (χ0n) is 14.9. The Hall–Kier alpha value is -2.88. The molecule has 3 heterocycles. The van der Waals surface area contributed by atoms with Gasteiger partial charge in [0.2, 0.25) is 0 Å². The average Bonchev–Trinajstić information content (AvgIpc) is 3.29. The minimum absolute atomic E-state index is 0.0326. The third-order valence-electron chi connectivity index (χ3n) is 4.31. The number of rotatable bonds is 7. The Kier molecular flexibility index (Phi) is 6.07. The topological polar surface area (TPSA) is 102 Å². The number of likely N-dealkylation sites (tertiary alicyclic amines) is 1. The van der Waals surface area contributed by atoms with E-state index in [0.29, 0.717) is 18.7 Å². The van der Waals surface area contributed by atoms with Gasteiger partial charge in [-0.1, -0.05) is 5.21 Å². The Balaban J connectivity index is 1.65. The average molecular weight is 376 g/mol. The van der Waals surface area contributed by atoms with Gasteiger partial charge in [-0.2, -0.15) is 0 Å². The van der Waals surface area contributed by atoms with Crippen LogP contribution in [0.3, 0.4) is 0 Å². The first-order valence-corrected chi connectivity index (χ1v) is 8.61. The summed E-state index contributed by atoms with van der Waals surface area (Å²) in [5.41, 5.74) is 0.619. The number of methoxy groups -OCH3 is 1. The summed E-state index contributed by atoms with van der Waals surface area (Å²) in [7, 11) is 1.54. The van der Waals surface area contributed by atoms with Crippen LogP contribution >= 0.6 is 0 Å². The fourth-order valence-electron chi connectivity index (χ4n) is 3.01. The lowest BCUT2D eigenvalue weighted by molar-refractivity contribution is 0.0714. The third kappa shape index (κ3) is 4.64. The van der Waals surface area contributed by atoms with Crippen LogP contribution < -0.4 is 5.32 Å². The second kappa shape index (κ2) is 8.67. The number of pyridine rings is 1. The van der Waals surface area contributed by atoms with Crippen LogP contribution in [-0.4, -0.2) is 75.7 Å². The minimum atomic E-state index is -1.10. The van der Waals surface area contributed by atoms with Gasteiger partial charge in [-0.15, -0.1) is 5.10 Å². The largest absolute Gasteiger partial charge is 0.383 e. The number of nitrogens with zero attached hydrogens (tertiary/aromatic N) is 5. The molecule has 0 spiro atoms. The Morgan fingerprint density at radius 2 is 2.15 bits per heavy atom. The van der Waals surface area contributed by atoms with E-state index in [1.165, 1.54) is 28.2 Å². The van der Waals surface area contributed by atoms with Crippen LogP contribution in [0, 0.1) is 0 Å². The van der Waals surface area contributed by atoms with Crippen molar-refractivity contribution in [2.24, 2.45) is 0 Å². The predicted octanol–water partition coefficient (Wildman–Crippen LogP) is 0.302. The molecule has 144 valence electrons. The molecular formula is C17H21FN6O3. The van der Waals surface area contributed by atoms with Crippen molar-refractivity contribution in [1.29, 1.82) is 0 Å². The highest BCUT2D eigenvalue weighted by Gasteiger charge is 2.36. The van der Waals surface area contributed by atoms with Crippen molar-refractivity contribution in [1.82, 2.24) is 30.2 Å². The standard InChI is InChI=1S/C17H21FN6O3/c1-27-7-6-20-16(25)15-11-23(22-21-15)10-14-8-13(18)9-24(14)17(26)12-2-4-19-5-3-12/h2-5,11,13-14H,6-10H2,1H3,(H,20,25)/t13-,14-/m0/s1. The van der Waals surface area contributed by atoms with Gasteiger partial charge in [-0.05, 0) is 12.1 Å². The van der Waals surface area contributed by atoms with E-state index in [-0.39, 0.29) is 43.1 Å². The first-order chi connectivity index (χ1) is 13.1. The monoisotopic (exact) mass is 376 g/mol. The lowest BCUT2D eigenvalue weighted by Gasteiger charge is -2.24. The number of halogens is 1. The molecule has 0 bridgehead atoms. The number of alkyl halides is 1. The van der Waals surface area contributed by atoms with E-state index in [1.807, 2.05) is 0 Å². The van der Waals surface area contributed by atoms with E-state index in [1.54, 1.807) is 19.2 Å². The zero-order valence-corrected chi connectivity index (χ0v) is 14.9. The summed E-state index contributed by atoms with van der Waals surface area (Å²) >= 11 is 0. The molecule has 10 heteroatoms. The number of carbonyl (C=O) groups excluding carboxylic acids is 2. The van der Waals surface area contributed by atoms with Crippen LogP contribution in [0.15, 0.2) is 30.7 Å². The maximum absolute atomic E-state index is 14.0. The fourth-order valence-corrected chi connectivity index (χ4v) is 3.01. The van der Waals surface area contributed by atoms with E-state index in [9.17, 15) is 14.0 Å². The molecule has 0 unspecified atom stereocenters. The molecule has 1 fully saturated rings. The van der Waals surface area contributed by atoms with Crippen molar-refractivity contribution >= 4 is 11.8 Å². The number of nitrogens with one attached hydrogen (secondary N) is 1. The number of carbonyl (C=O) groups is 2. The predicted molar refractivity (Wildman–Crippen MR) is 92.8 cm³/mol. The number of hydrogen-bond acceptors (Lipinski definition) is 6. The second-order valence-corrected chi connectivity index (χ2v) is 6.25. The van der Waals surface area contributed by atoms with Gasteiger partial charge in [-0.25, -0.2) is 9.07 Å². The summed E-state index contributed by atoms with van der Waals surface area (Å²) in [5, 5.41) is 10.4. The van der Waals surface area contributed by atoms with Crippen LogP contribution in [0.2, 0.25) is 0 Å². The molecule has 0 aromatic carbocycles. The van der Waals surface area contributed by atoms with Gasteiger partial charge in [0.25, 0.3) is 11.8 Å².